The number of thiazole rings is 1. The van der Waals surface area contributed by atoms with Crippen LogP contribution in [0.3, 0.4) is 0 Å². The molecule has 1 aliphatic carbocycles. The maximum Gasteiger partial charge on any atom is 0.0997 e. The second kappa shape index (κ2) is 3.44. The summed E-state index contributed by atoms with van der Waals surface area (Å²) in [5.41, 5.74) is 2.96. The second-order valence-electron chi connectivity index (χ2n) is 3.05. The predicted molar refractivity (Wildman–Crippen MR) is 52.8 cm³/mol. The molecule has 0 amide bonds. The van der Waals surface area contributed by atoms with Crippen LogP contribution < -0.4 is 0 Å². The number of hydrogen-bond acceptors (Lipinski definition) is 3. The van der Waals surface area contributed by atoms with Crippen LogP contribution in [0.25, 0.3) is 0 Å². The highest BCUT2D eigenvalue weighted by Gasteiger charge is 2.30. The van der Waals surface area contributed by atoms with Crippen LogP contribution >= 0.6 is 27.3 Å². The lowest BCUT2D eigenvalue weighted by molar-refractivity contribution is 0.208. The minimum atomic E-state index is -0.368. The summed E-state index contributed by atoms with van der Waals surface area (Å²) in [6.07, 6.45) is 2.12. The molecule has 0 bridgehead atoms. The van der Waals surface area contributed by atoms with Gasteiger partial charge in [-0.1, -0.05) is 15.9 Å². The van der Waals surface area contributed by atoms with E-state index in [4.69, 9.17) is 0 Å². The molecule has 1 atom stereocenters. The predicted octanol–water partition coefficient (Wildman–Crippen LogP) is 2.45. The average Bonchev–Trinajstić information content (AvgIpc) is 2.83. The molecule has 12 heavy (non-hydrogen) atoms. The third kappa shape index (κ3) is 1.56. The van der Waals surface area contributed by atoms with E-state index in [1.165, 1.54) is 12.8 Å². The van der Waals surface area contributed by atoms with E-state index in [1.807, 2.05) is 5.51 Å². The molecule has 1 N–H and O–H groups in total. The largest absolute Gasteiger partial charge is 0.387 e. The number of rotatable bonds is 3. The Balaban J connectivity index is 2.23. The standard InChI is InChI=1S/C8H10BrNOS/c9-3-6(11)8-7(5-1-2-5)10-4-12-8/h4-6,11H,1-3H2. The van der Waals surface area contributed by atoms with E-state index in [1.54, 1.807) is 11.3 Å². The van der Waals surface area contributed by atoms with Crippen LogP contribution in [0.4, 0.5) is 0 Å². The number of aliphatic hydroxyl groups excluding tert-OH is 1. The fourth-order valence-corrected chi connectivity index (χ4v) is 2.64. The van der Waals surface area contributed by atoms with Crippen LogP contribution in [-0.2, 0) is 0 Å². The smallest absolute Gasteiger partial charge is 0.0997 e. The molecule has 1 aromatic heterocycles. The first kappa shape index (κ1) is 8.66. The van der Waals surface area contributed by atoms with Gasteiger partial charge >= 0.3 is 0 Å². The maximum atomic E-state index is 9.60. The summed E-state index contributed by atoms with van der Waals surface area (Å²) in [4.78, 5) is 5.34. The summed E-state index contributed by atoms with van der Waals surface area (Å²) in [5.74, 6) is 0.639. The monoisotopic (exact) mass is 247 g/mol. The molecule has 1 unspecified atom stereocenters. The molecule has 1 aromatic rings. The molecule has 1 heterocycles. The molecule has 1 saturated carbocycles. The molecule has 1 fully saturated rings. The Bertz CT molecular complexity index is 272. The molecule has 0 spiro atoms. The molecule has 1 aliphatic rings. The lowest BCUT2D eigenvalue weighted by Crippen LogP contribution is -1.99. The Morgan fingerprint density at radius 3 is 3.08 bits per heavy atom. The fraction of sp³-hybridized carbons (Fsp3) is 0.625. The Morgan fingerprint density at radius 1 is 1.75 bits per heavy atom. The summed E-state index contributed by atoms with van der Waals surface area (Å²) >= 11 is 4.83. The summed E-state index contributed by atoms with van der Waals surface area (Å²) in [6.45, 7) is 0. The number of nitrogens with zero attached hydrogens (tertiary/aromatic N) is 1. The van der Waals surface area contributed by atoms with Gasteiger partial charge in [-0.3, -0.25) is 0 Å². The highest BCUT2D eigenvalue weighted by molar-refractivity contribution is 9.09. The Kier molecular flexibility index (Phi) is 2.48. The van der Waals surface area contributed by atoms with Crippen molar-refractivity contribution in [1.82, 2.24) is 4.98 Å². The van der Waals surface area contributed by atoms with Gasteiger partial charge in [0.1, 0.15) is 0 Å². The van der Waals surface area contributed by atoms with E-state index in [9.17, 15) is 5.11 Å². The molecule has 0 aromatic carbocycles. The molecule has 0 saturated heterocycles. The quantitative estimate of drug-likeness (QED) is 0.833. The van der Waals surface area contributed by atoms with Crippen LogP contribution in [0.2, 0.25) is 0 Å². The van der Waals surface area contributed by atoms with Crippen molar-refractivity contribution in [3.8, 4) is 0 Å². The first-order valence-electron chi connectivity index (χ1n) is 4.00. The molecule has 0 aliphatic heterocycles. The second-order valence-corrected chi connectivity index (χ2v) is 4.58. The van der Waals surface area contributed by atoms with Crippen molar-refractivity contribution in [3.63, 3.8) is 0 Å². The first-order chi connectivity index (χ1) is 5.83. The van der Waals surface area contributed by atoms with Gasteiger partial charge in [-0.15, -0.1) is 11.3 Å². The number of aromatic nitrogens is 1. The highest BCUT2D eigenvalue weighted by Crippen LogP contribution is 2.43. The van der Waals surface area contributed by atoms with Crippen molar-refractivity contribution in [2.45, 2.75) is 24.9 Å². The van der Waals surface area contributed by atoms with Gasteiger partial charge in [0.2, 0.25) is 0 Å². The normalized spacial score (nSPS) is 19.5. The Labute approximate surface area is 83.8 Å². The van der Waals surface area contributed by atoms with Crippen LogP contribution in [0, 0.1) is 0 Å². The van der Waals surface area contributed by atoms with Gasteiger partial charge in [-0.05, 0) is 12.8 Å². The van der Waals surface area contributed by atoms with Crippen LogP contribution in [0.5, 0.6) is 0 Å². The lowest BCUT2D eigenvalue weighted by Gasteiger charge is -2.05. The number of halogens is 1. The summed E-state index contributed by atoms with van der Waals surface area (Å²) in [5, 5.41) is 10.2. The van der Waals surface area contributed by atoms with Gasteiger partial charge in [0.25, 0.3) is 0 Å². The molecular weight excluding hydrogens is 238 g/mol. The van der Waals surface area contributed by atoms with Crippen LogP contribution in [0.1, 0.15) is 35.4 Å². The lowest BCUT2D eigenvalue weighted by atomic mass is 10.2. The van der Waals surface area contributed by atoms with Crippen molar-refractivity contribution < 1.29 is 5.11 Å². The Morgan fingerprint density at radius 2 is 2.50 bits per heavy atom. The SMILES string of the molecule is OC(CBr)c1scnc1C1CC1. The third-order valence-corrected chi connectivity index (χ3v) is 3.60. The van der Waals surface area contributed by atoms with E-state index in [-0.39, 0.29) is 6.10 Å². The zero-order valence-corrected chi connectivity index (χ0v) is 8.94. The zero-order chi connectivity index (χ0) is 8.55. The minimum absolute atomic E-state index is 0.368. The minimum Gasteiger partial charge on any atom is -0.387 e. The molecule has 4 heteroatoms. The average molecular weight is 248 g/mol. The van der Waals surface area contributed by atoms with E-state index in [0.717, 1.165) is 10.6 Å². The number of alkyl halides is 1. The van der Waals surface area contributed by atoms with E-state index in [0.29, 0.717) is 11.2 Å². The van der Waals surface area contributed by atoms with Crippen molar-refractivity contribution in [2.75, 3.05) is 5.33 Å². The molecule has 0 radical (unpaired) electrons. The van der Waals surface area contributed by atoms with E-state index in [2.05, 4.69) is 20.9 Å². The number of hydrogen-bond donors (Lipinski definition) is 1. The molecule has 2 rings (SSSR count). The summed E-state index contributed by atoms with van der Waals surface area (Å²) in [7, 11) is 0. The molecule has 2 nitrogen and oxygen atoms in total. The van der Waals surface area contributed by atoms with Gasteiger partial charge in [-0.2, -0.15) is 0 Å². The van der Waals surface area contributed by atoms with Gasteiger partial charge in [0.15, 0.2) is 0 Å². The van der Waals surface area contributed by atoms with Gasteiger partial charge in [0, 0.05) is 11.2 Å². The summed E-state index contributed by atoms with van der Waals surface area (Å²) in [6, 6.07) is 0. The molecular formula is C8H10BrNOS. The van der Waals surface area contributed by atoms with E-state index < -0.39 is 0 Å². The van der Waals surface area contributed by atoms with Crippen molar-refractivity contribution in [2.24, 2.45) is 0 Å². The Hall–Kier alpha value is 0.0700. The third-order valence-electron chi connectivity index (χ3n) is 2.04. The molecule has 66 valence electrons. The van der Waals surface area contributed by atoms with Crippen LogP contribution in [-0.4, -0.2) is 15.4 Å². The summed E-state index contributed by atoms with van der Waals surface area (Å²) < 4.78 is 0. The van der Waals surface area contributed by atoms with Crippen molar-refractivity contribution in [1.29, 1.82) is 0 Å². The topological polar surface area (TPSA) is 33.1 Å². The van der Waals surface area contributed by atoms with Gasteiger partial charge in [-0.25, -0.2) is 4.98 Å². The fourth-order valence-electron chi connectivity index (χ4n) is 1.25. The van der Waals surface area contributed by atoms with Gasteiger partial charge < -0.3 is 5.11 Å². The maximum absolute atomic E-state index is 9.60. The first-order valence-corrected chi connectivity index (χ1v) is 6.00. The van der Waals surface area contributed by atoms with Gasteiger partial charge in [0.05, 0.1) is 22.2 Å². The van der Waals surface area contributed by atoms with Crippen LogP contribution in [0.15, 0.2) is 5.51 Å². The van der Waals surface area contributed by atoms with Crippen molar-refractivity contribution in [3.05, 3.63) is 16.1 Å². The highest BCUT2D eigenvalue weighted by atomic mass is 79.9. The number of aliphatic hydroxyl groups is 1. The van der Waals surface area contributed by atoms with Crippen molar-refractivity contribution >= 4 is 27.3 Å². The van der Waals surface area contributed by atoms with E-state index >= 15 is 0 Å². The zero-order valence-electron chi connectivity index (χ0n) is 6.53.